The Balaban J connectivity index is 2.10. The fourth-order valence-corrected chi connectivity index (χ4v) is 3.62. The van der Waals surface area contributed by atoms with Crippen LogP contribution in [0.2, 0.25) is 0 Å². The minimum atomic E-state index is 0.417. The molecule has 0 radical (unpaired) electrons. The van der Waals surface area contributed by atoms with E-state index in [9.17, 15) is 0 Å². The van der Waals surface area contributed by atoms with Crippen LogP contribution in [-0.2, 0) is 0 Å². The van der Waals surface area contributed by atoms with Gasteiger partial charge in [0.1, 0.15) is 0 Å². The fourth-order valence-electron chi connectivity index (χ4n) is 3.62. The molecule has 0 aromatic heterocycles. The van der Waals surface area contributed by atoms with Gasteiger partial charge in [-0.25, -0.2) is 0 Å². The van der Waals surface area contributed by atoms with Crippen molar-refractivity contribution in [3.8, 4) is 0 Å². The highest BCUT2D eigenvalue weighted by molar-refractivity contribution is 5.21. The fraction of sp³-hybridized carbons (Fsp3) is 0.647. The molecule has 2 rings (SSSR count). The Morgan fingerprint density at radius 1 is 1.16 bits per heavy atom. The molecule has 3 N–H and O–H groups in total. The molecular formula is C17H28N2. The van der Waals surface area contributed by atoms with Crippen molar-refractivity contribution in [1.29, 1.82) is 0 Å². The summed E-state index contributed by atoms with van der Waals surface area (Å²) in [5.41, 5.74) is 4.56. The van der Waals surface area contributed by atoms with Crippen LogP contribution in [0.5, 0.6) is 0 Å². The van der Waals surface area contributed by atoms with Crippen molar-refractivity contribution in [2.24, 2.45) is 17.7 Å². The average Bonchev–Trinajstić information content (AvgIpc) is 2.47. The Kier molecular flexibility index (Phi) is 5.41. The standard InChI is InChI=1S/C17H28N2/c1-3-16(14-7-5-4-6-8-14)17(19-18)15-11-9-13(2)10-12-15/h4-8,13,15-17,19H,3,9-12,18H2,1-2H3. The second-order valence-corrected chi connectivity index (χ2v) is 6.14. The zero-order valence-corrected chi connectivity index (χ0v) is 12.3. The van der Waals surface area contributed by atoms with Crippen LogP contribution < -0.4 is 11.3 Å². The third kappa shape index (κ3) is 3.58. The summed E-state index contributed by atoms with van der Waals surface area (Å²) in [6.45, 7) is 4.64. The van der Waals surface area contributed by atoms with Crippen molar-refractivity contribution in [3.05, 3.63) is 35.9 Å². The zero-order valence-electron chi connectivity index (χ0n) is 12.3. The quantitative estimate of drug-likeness (QED) is 0.623. The van der Waals surface area contributed by atoms with Gasteiger partial charge in [-0.15, -0.1) is 0 Å². The van der Waals surface area contributed by atoms with Crippen molar-refractivity contribution in [2.45, 2.75) is 57.9 Å². The topological polar surface area (TPSA) is 38.0 Å². The van der Waals surface area contributed by atoms with E-state index in [0.29, 0.717) is 12.0 Å². The highest BCUT2D eigenvalue weighted by Gasteiger charge is 2.31. The minimum Gasteiger partial charge on any atom is -0.271 e. The molecule has 2 heteroatoms. The summed E-state index contributed by atoms with van der Waals surface area (Å²) in [6, 6.07) is 11.3. The normalized spacial score (nSPS) is 26.9. The number of nitrogens with one attached hydrogen (secondary N) is 1. The molecule has 19 heavy (non-hydrogen) atoms. The van der Waals surface area contributed by atoms with Crippen LogP contribution in [-0.4, -0.2) is 6.04 Å². The summed E-state index contributed by atoms with van der Waals surface area (Å²) in [5.74, 6) is 8.06. The maximum atomic E-state index is 5.90. The average molecular weight is 260 g/mol. The van der Waals surface area contributed by atoms with E-state index in [4.69, 9.17) is 5.84 Å². The van der Waals surface area contributed by atoms with Gasteiger partial charge in [0.05, 0.1) is 0 Å². The molecule has 1 aliphatic rings. The zero-order chi connectivity index (χ0) is 13.7. The van der Waals surface area contributed by atoms with Gasteiger partial charge in [0.15, 0.2) is 0 Å². The van der Waals surface area contributed by atoms with Crippen LogP contribution in [0.15, 0.2) is 30.3 Å². The van der Waals surface area contributed by atoms with E-state index >= 15 is 0 Å². The molecule has 0 amide bonds. The van der Waals surface area contributed by atoms with Crippen molar-refractivity contribution < 1.29 is 0 Å². The third-order valence-corrected chi connectivity index (χ3v) is 4.86. The van der Waals surface area contributed by atoms with Crippen molar-refractivity contribution in [2.75, 3.05) is 0 Å². The summed E-state index contributed by atoms with van der Waals surface area (Å²) >= 11 is 0. The molecule has 2 atom stereocenters. The number of nitrogens with two attached hydrogens (primary N) is 1. The van der Waals surface area contributed by atoms with Gasteiger partial charge < -0.3 is 0 Å². The summed E-state index contributed by atoms with van der Waals surface area (Å²) in [6.07, 6.45) is 6.49. The largest absolute Gasteiger partial charge is 0.271 e. The Bertz CT molecular complexity index is 355. The van der Waals surface area contributed by atoms with E-state index < -0.39 is 0 Å². The van der Waals surface area contributed by atoms with E-state index in [1.54, 1.807) is 0 Å². The first kappa shape index (κ1) is 14.5. The monoisotopic (exact) mass is 260 g/mol. The van der Waals surface area contributed by atoms with Gasteiger partial charge >= 0.3 is 0 Å². The molecule has 1 saturated carbocycles. The van der Waals surface area contributed by atoms with Crippen molar-refractivity contribution in [3.63, 3.8) is 0 Å². The maximum Gasteiger partial charge on any atom is 0.0307 e. The first-order chi connectivity index (χ1) is 9.26. The Labute approximate surface area is 117 Å². The molecule has 0 saturated heterocycles. The van der Waals surface area contributed by atoms with Crippen molar-refractivity contribution in [1.82, 2.24) is 5.43 Å². The molecule has 106 valence electrons. The van der Waals surface area contributed by atoms with E-state index in [0.717, 1.165) is 18.3 Å². The third-order valence-electron chi connectivity index (χ3n) is 4.86. The number of hydrazine groups is 1. The molecule has 1 fully saturated rings. The predicted octanol–water partition coefficient (Wildman–Crippen LogP) is 3.84. The second kappa shape index (κ2) is 7.06. The van der Waals surface area contributed by atoms with Gasteiger partial charge in [0, 0.05) is 12.0 Å². The highest BCUT2D eigenvalue weighted by atomic mass is 15.2. The molecule has 1 aliphatic carbocycles. The second-order valence-electron chi connectivity index (χ2n) is 6.14. The molecular weight excluding hydrogens is 232 g/mol. The number of hydrogen-bond donors (Lipinski definition) is 2. The first-order valence-electron chi connectivity index (χ1n) is 7.77. The van der Waals surface area contributed by atoms with Gasteiger partial charge in [0.25, 0.3) is 0 Å². The van der Waals surface area contributed by atoms with E-state index in [1.165, 1.54) is 31.2 Å². The lowest BCUT2D eigenvalue weighted by atomic mass is 9.73. The molecule has 1 aromatic rings. The SMILES string of the molecule is CCC(c1ccccc1)C(NN)C1CCC(C)CC1. The lowest BCUT2D eigenvalue weighted by Crippen LogP contribution is -2.46. The van der Waals surface area contributed by atoms with Crippen LogP contribution in [0.4, 0.5) is 0 Å². The van der Waals surface area contributed by atoms with Crippen LogP contribution in [0.3, 0.4) is 0 Å². The molecule has 0 heterocycles. The van der Waals surface area contributed by atoms with E-state index in [2.05, 4.69) is 49.6 Å². The Morgan fingerprint density at radius 3 is 2.32 bits per heavy atom. The molecule has 2 unspecified atom stereocenters. The van der Waals surface area contributed by atoms with Crippen LogP contribution in [0, 0.1) is 11.8 Å². The van der Waals surface area contributed by atoms with E-state index in [-0.39, 0.29) is 0 Å². The van der Waals surface area contributed by atoms with Gasteiger partial charge in [-0.1, -0.05) is 57.0 Å². The molecule has 2 nitrogen and oxygen atoms in total. The number of hydrogen-bond acceptors (Lipinski definition) is 2. The predicted molar refractivity (Wildman–Crippen MR) is 81.7 cm³/mol. The maximum absolute atomic E-state index is 5.90. The summed E-state index contributed by atoms with van der Waals surface area (Å²) < 4.78 is 0. The minimum absolute atomic E-state index is 0.417. The highest BCUT2D eigenvalue weighted by Crippen LogP contribution is 2.36. The molecule has 0 spiro atoms. The lowest BCUT2D eigenvalue weighted by Gasteiger charge is -2.37. The summed E-state index contributed by atoms with van der Waals surface area (Å²) in [7, 11) is 0. The lowest BCUT2D eigenvalue weighted by molar-refractivity contribution is 0.207. The van der Waals surface area contributed by atoms with Crippen LogP contribution in [0.1, 0.15) is 57.4 Å². The number of rotatable bonds is 5. The van der Waals surface area contributed by atoms with Crippen molar-refractivity contribution >= 4 is 0 Å². The van der Waals surface area contributed by atoms with Gasteiger partial charge in [-0.05, 0) is 36.7 Å². The van der Waals surface area contributed by atoms with Crippen LogP contribution >= 0.6 is 0 Å². The van der Waals surface area contributed by atoms with Crippen LogP contribution in [0.25, 0.3) is 0 Å². The molecule has 0 aliphatic heterocycles. The smallest absolute Gasteiger partial charge is 0.0307 e. The molecule has 1 aromatic carbocycles. The van der Waals surface area contributed by atoms with Gasteiger partial charge in [0.2, 0.25) is 0 Å². The van der Waals surface area contributed by atoms with E-state index in [1.807, 2.05) is 0 Å². The summed E-state index contributed by atoms with van der Waals surface area (Å²) in [4.78, 5) is 0. The Hall–Kier alpha value is -0.860. The van der Waals surface area contributed by atoms with Gasteiger partial charge in [-0.3, -0.25) is 11.3 Å². The Morgan fingerprint density at radius 2 is 1.79 bits per heavy atom. The first-order valence-corrected chi connectivity index (χ1v) is 7.77. The number of benzene rings is 1. The van der Waals surface area contributed by atoms with Gasteiger partial charge in [-0.2, -0.15) is 0 Å². The molecule has 0 bridgehead atoms. The summed E-state index contributed by atoms with van der Waals surface area (Å²) in [5, 5.41) is 0.